The maximum absolute atomic E-state index is 11.0. The number of carbonyl (C=O) groups is 1. The van der Waals surface area contributed by atoms with Crippen LogP contribution in [0.15, 0.2) is 48.5 Å². The van der Waals surface area contributed by atoms with Gasteiger partial charge in [0.2, 0.25) is 0 Å². The van der Waals surface area contributed by atoms with Crippen LogP contribution in [0.25, 0.3) is 10.6 Å². The Morgan fingerprint density at radius 3 is 2.86 bits per heavy atom. The van der Waals surface area contributed by atoms with Gasteiger partial charge < -0.3 is 9.84 Å². The molecule has 1 N–H and O–H groups in total. The number of hydrogen-bond acceptors (Lipinski definition) is 4. The number of carboxylic acid groups (broad SMARTS) is 1. The summed E-state index contributed by atoms with van der Waals surface area (Å²) in [5.74, 6) is 0.258. The molecule has 0 saturated heterocycles. The fraction of sp³-hybridized carbons (Fsp3) is 0.304. The van der Waals surface area contributed by atoms with Gasteiger partial charge in [0.05, 0.1) is 18.7 Å². The molecule has 1 atom stereocenters. The summed E-state index contributed by atoms with van der Waals surface area (Å²) in [5, 5.41) is 10.1. The number of nitrogens with zero attached hydrogens (tertiary/aromatic N) is 1. The van der Waals surface area contributed by atoms with E-state index in [1.165, 1.54) is 10.4 Å². The average molecular weight is 394 g/mol. The van der Waals surface area contributed by atoms with Crippen molar-refractivity contribution in [2.24, 2.45) is 0 Å². The largest absolute Gasteiger partial charge is 0.493 e. The Morgan fingerprint density at radius 1 is 1.25 bits per heavy atom. The molecule has 0 amide bonds. The van der Waals surface area contributed by atoms with Crippen molar-refractivity contribution >= 4 is 17.3 Å². The van der Waals surface area contributed by atoms with Crippen LogP contribution in [0.1, 0.15) is 40.5 Å². The highest BCUT2D eigenvalue weighted by Gasteiger charge is 2.24. The van der Waals surface area contributed by atoms with Crippen LogP contribution in [0.4, 0.5) is 0 Å². The number of hydrogen-bond donors (Lipinski definition) is 1. The summed E-state index contributed by atoms with van der Waals surface area (Å²) in [4.78, 5) is 17.0. The summed E-state index contributed by atoms with van der Waals surface area (Å²) in [5.41, 5.74) is 4.63. The first-order valence-corrected chi connectivity index (χ1v) is 10.4. The molecule has 0 bridgehead atoms. The summed E-state index contributed by atoms with van der Waals surface area (Å²) in [6, 6.07) is 16.3. The van der Waals surface area contributed by atoms with E-state index in [-0.39, 0.29) is 12.3 Å². The molecule has 1 aliphatic rings. The third-order valence-corrected chi connectivity index (χ3v) is 6.32. The summed E-state index contributed by atoms with van der Waals surface area (Å²) < 4.78 is 5.97. The smallest absolute Gasteiger partial charge is 0.303 e. The second kappa shape index (κ2) is 8.15. The van der Waals surface area contributed by atoms with E-state index >= 15 is 0 Å². The Hall–Kier alpha value is -2.66. The van der Waals surface area contributed by atoms with Crippen LogP contribution >= 0.6 is 11.3 Å². The number of aromatic nitrogens is 1. The maximum Gasteiger partial charge on any atom is 0.303 e. The van der Waals surface area contributed by atoms with Crippen molar-refractivity contribution in [3.05, 3.63) is 70.2 Å². The van der Waals surface area contributed by atoms with Gasteiger partial charge >= 0.3 is 5.97 Å². The number of ether oxygens (including phenoxy) is 1. The van der Waals surface area contributed by atoms with E-state index in [1.54, 1.807) is 11.3 Å². The van der Waals surface area contributed by atoms with Gasteiger partial charge in [-0.15, -0.1) is 11.3 Å². The van der Waals surface area contributed by atoms with Crippen LogP contribution in [-0.2, 0) is 17.6 Å². The molecule has 144 valence electrons. The van der Waals surface area contributed by atoms with Gasteiger partial charge in [0.15, 0.2) is 0 Å². The number of fused-ring (bicyclic) bond motifs is 1. The fourth-order valence-corrected chi connectivity index (χ4v) is 4.79. The monoisotopic (exact) mass is 393 g/mol. The standard InChI is InChI=1S/C23H23NO3S/c1-15-21(24-23(28-15)16-5-3-2-4-6-16)11-12-27-19-9-10-20-17(13-19)7-8-18(20)14-22(25)26/h2-6,9-10,13,18H,7-8,11-12,14H2,1H3,(H,25,26)/t18-/m0/s1. The van der Waals surface area contributed by atoms with Crippen LogP contribution < -0.4 is 4.74 Å². The minimum Gasteiger partial charge on any atom is -0.493 e. The molecule has 0 aliphatic heterocycles. The lowest BCUT2D eigenvalue weighted by molar-refractivity contribution is -0.137. The lowest BCUT2D eigenvalue weighted by Crippen LogP contribution is -2.04. The molecule has 0 spiro atoms. The Morgan fingerprint density at radius 2 is 2.07 bits per heavy atom. The Balaban J connectivity index is 1.37. The third kappa shape index (κ3) is 4.09. The van der Waals surface area contributed by atoms with Gasteiger partial charge in [-0.1, -0.05) is 36.4 Å². The van der Waals surface area contributed by atoms with Gasteiger partial charge in [0.25, 0.3) is 0 Å². The van der Waals surface area contributed by atoms with Gasteiger partial charge in [-0.2, -0.15) is 0 Å². The Bertz CT molecular complexity index is 981. The van der Waals surface area contributed by atoms with Crippen molar-refractivity contribution in [1.82, 2.24) is 4.98 Å². The molecule has 1 aliphatic carbocycles. The van der Waals surface area contributed by atoms with E-state index in [0.29, 0.717) is 6.61 Å². The molecule has 4 rings (SSSR count). The first kappa shape index (κ1) is 18.7. The van der Waals surface area contributed by atoms with Crippen LogP contribution in [0.2, 0.25) is 0 Å². The zero-order valence-electron chi connectivity index (χ0n) is 15.9. The van der Waals surface area contributed by atoms with Crippen molar-refractivity contribution in [3.8, 4) is 16.3 Å². The van der Waals surface area contributed by atoms with E-state index in [9.17, 15) is 4.79 Å². The van der Waals surface area contributed by atoms with Gasteiger partial charge in [-0.05, 0) is 48.9 Å². The topological polar surface area (TPSA) is 59.4 Å². The molecule has 5 heteroatoms. The first-order chi connectivity index (χ1) is 13.6. The molecule has 0 radical (unpaired) electrons. The number of rotatable bonds is 7. The molecule has 0 fully saturated rings. The van der Waals surface area contributed by atoms with E-state index in [2.05, 4.69) is 25.1 Å². The first-order valence-electron chi connectivity index (χ1n) is 9.59. The van der Waals surface area contributed by atoms with Crippen LogP contribution in [0.5, 0.6) is 5.75 Å². The predicted octanol–water partition coefficient (Wildman–Crippen LogP) is 5.24. The second-order valence-electron chi connectivity index (χ2n) is 7.18. The Labute approximate surface area is 168 Å². The van der Waals surface area contributed by atoms with Crippen LogP contribution in [0.3, 0.4) is 0 Å². The minimum atomic E-state index is -0.730. The minimum absolute atomic E-state index is 0.135. The van der Waals surface area contributed by atoms with Gasteiger partial charge in [0.1, 0.15) is 10.8 Å². The molecule has 28 heavy (non-hydrogen) atoms. The van der Waals surface area contributed by atoms with E-state index < -0.39 is 5.97 Å². The van der Waals surface area contributed by atoms with Crippen LogP contribution in [0, 0.1) is 6.92 Å². The number of aryl methyl sites for hydroxylation is 2. The summed E-state index contributed by atoms with van der Waals surface area (Å²) in [7, 11) is 0. The molecular formula is C23H23NO3S. The SMILES string of the molecule is Cc1sc(-c2ccccc2)nc1CCOc1ccc2c(c1)CC[C@H]2CC(=O)O. The molecule has 0 saturated carbocycles. The maximum atomic E-state index is 11.0. The molecule has 1 heterocycles. The molecule has 0 unspecified atom stereocenters. The van der Waals surface area contributed by atoms with E-state index in [4.69, 9.17) is 14.8 Å². The highest BCUT2D eigenvalue weighted by atomic mass is 32.1. The molecule has 2 aromatic carbocycles. The highest BCUT2D eigenvalue weighted by Crippen LogP contribution is 2.37. The van der Waals surface area contributed by atoms with E-state index in [1.807, 2.05) is 30.3 Å². The van der Waals surface area contributed by atoms with Crippen molar-refractivity contribution in [2.45, 2.75) is 38.5 Å². The molecule has 1 aromatic heterocycles. The lowest BCUT2D eigenvalue weighted by atomic mass is 9.98. The van der Waals surface area contributed by atoms with Crippen molar-refractivity contribution in [3.63, 3.8) is 0 Å². The quantitative estimate of drug-likeness (QED) is 0.596. The Kier molecular flexibility index (Phi) is 5.44. The summed E-state index contributed by atoms with van der Waals surface area (Å²) >= 11 is 1.72. The number of thiazole rings is 1. The van der Waals surface area contributed by atoms with E-state index in [0.717, 1.165) is 46.8 Å². The second-order valence-corrected chi connectivity index (χ2v) is 8.38. The van der Waals surface area contributed by atoms with Crippen molar-refractivity contribution < 1.29 is 14.6 Å². The number of carboxylic acids is 1. The summed E-state index contributed by atoms with van der Waals surface area (Å²) in [6.07, 6.45) is 2.81. The van der Waals surface area contributed by atoms with Crippen molar-refractivity contribution in [1.29, 1.82) is 0 Å². The van der Waals surface area contributed by atoms with Gasteiger partial charge in [0, 0.05) is 16.9 Å². The zero-order valence-corrected chi connectivity index (χ0v) is 16.7. The highest BCUT2D eigenvalue weighted by molar-refractivity contribution is 7.15. The predicted molar refractivity (Wildman–Crippen MR) is 111 cm³/mol. The lowest BCUT2D eigenvalue weighted by Gasteiger charge is -2.10. The molecule has 4 nitrogen and oxygen atoms in total. The molecule has 3 aromatic rings. The third-order valence-electron chi connectivity index (χ3n) is 5.26. The zero-order chi connectivity index (χ0) is 19.5. The number of benzene rings is 2. The molecular weight excluding hydrogens is 370 g/mol. The van der Waals surface area contributed by atoms with Crippen molar-refractivity contribution in [2.75, 3.05) is 6.61 Å². The fourth-order valence-electron chi connectivity index (χ4n) is 3.82. The van der Waals surface area contributed by atoms with Gasteiger partial charge in [-0.25, -0.2) is 4.98 Å². The number of aliphatic carboxylic acids is 1. The summed E-state index contributed by atoms with van der Waals surface area (Å²) in [6.45, 7) is 2.69. The van der Waals surface area contributed by atoms with Gasteiger partial charge in [-0.3, -0.25) is 4.79 Å². The normalized spacial score (nSPS) is 15.4. The average Bonchev–Trinajstić information content (AvgIpc) is 3.26. The van der Waals surface area contributed by atoms with Crippen LogP contribution in [-0.4, -0.2) is 22.7 Å².